The van der Waals surface area contributed by atoms with Crippen molar-refractivity contribution in [3.8, 4) is 5.75 Å². The number of hydrogen-bond donors (Lipinski definition) is 14. The predicted molar refractivity (Wildman–Crippen MR) is 455 cm³/mol. The highest BCUT2D eigenvalue weighted by atomic mass is 33.1. The normalized spacial score (nSPS) is 25.0. The third kappa shape index (κ3) is 18.7. The van der Waals surface area contributed by atoms with Gasteiger partial charge in [0.1, 0.15) is 30.9 Å². The zero-order valence-corrected chi connectivity index (χ0v) is 70.8. The molecule has 648 valence electrons. The topological polar surface area (TPSA) is 502 Å². The van der Waals surface area contributed by atoms with Crippen LogP contribution in [0.25, 0.3) is 22.1 Å². The van der Waals surface area contributed by atoms with Gasteiger partial charge in [0.15, 0.2) is 34.3 Å². The van der Waals surface area contributed by atoms with E-state index < -0.39 is 98.7 Å². The zero-order valence-electron chi connectivity index (χ0n) is 69.2. The van der Waals surface area contributed by atoms with Crippen LogP contribution in [0.1, 0.15) is 169 Å². The number of hydrazine groups is 1. The van der Waals surface area contributed by atoms with E-state index in [4.69, 9.17) is 31.4 Å². The Morgan fingerprint density at radius 1 is 0.842 bits per heavy atom. The molecule has 8 heterocycles. The number of benzene rings is 3. The number of aliphatic hydroxyl groups excluding tert-OH is 1. The molecule has 2 bridgehead atoms. The van der Waals surface area contributed by atoms with Crippen LogP contribution in [0.3, 0.4) is 0 Å². The van der Waals surface area contributed by atoms with Gasteiger partial charge in [-0.3, -0.25) is 68.4 Å². The number of guanidine groups is 1. The van der Waals surface area contributed by atoms with Crippen molar-refractivity contribution in [1.29, 1.82) is 0 Å². The van der Waals surface area contributed by atoms with E-state index in [2.05, 4.69) is 90.0 Å². The van der Waals surface area contributed by atoms with Crippen LogP contribution in [0.4, 0.5) is 22.1 Å². The molecule has 6 aromatic rings. The van der Waals surface area contributed by atoms with Crippen LogP contribution >= 0.6 is 21.6 Å². The van der Waals surface area contributed by atoms with Crippen molar-refractivity contribution in [3.05, 3.63) is 111 Å². The maximum Gasteiger partial charge on any atom is 0.426 e. The van der Waals surface area contributed by atoms with Crippen LogP contribution < -0.4 is 64.5 Å². The van der Waals surface area contributed by atoms with Gasteiger partial charge in [0.25, 0.3) is 23.8 Å². The maximum absolute atomic E-state index is 15.3. The smallest absolute Gasteiger partial charge is 0.426 e. The first kappa shape index (κ1) is 89.3. The summed E-state index contributed by atoms with van der Waals surface area (Å²) in [6.07, 6.45) is 4.19. The van der Waals surface area contributed by atoms with E-state index in [1.807, 2.05) is 44.0 Å². The van der Waals surface area contributed by atoms with Gasteiger partial charge in [-0.2, -0.15) is 4.98 Å². The summed E-state index contributed by atoms with van der Waals surface area (Å²) < 4.78 is 18.0. The first-order valence-electron chi connectivity index (χ1n) is 41.5. The number of carbonyl (C=O) groups is 9. The molecule has 14 atom stereocenters. The van der Waals surface area contributed by atoms with Crippen LogP contribution in [0.5, 0.6) is 5.75 Å². The number of carbonyl (C=O) groups excluding carboxylic acids is 9. The van der Waals surface area contributed by atoms with E-state index in [0.717, 1.165) is 39.8 Å². The van der Waals surface area contributed by atoms with Crippen LogP contribution in [0.15, 0.2) is 76.6 Å². The summed E-state index contributed by atoms with van der Waals surface area (Å²) in [7, 11) is 6.26. The molecule has 3 saturated heterocycles. The SMILES string of the molecule is CC[C@]1(O)C[C@H]2CN(CCc3c([nH]c4ccccc34)[C@@](COC=O)(c3cc4c(cc3OC)N(C)[C@H]3[C@@](O)(C(=O)NNC(=O)OCCSSCCCC(=O)[C@H](C)NC(=O)[C@H](C)CC(=O)[C@@H](CCCN=C(N)N)NC(=O)[C@H](C)CC(=O)CCCNC(=O)c5ccc(NCc6cnc7nc(N)[nH]c(=O)c7n6)cc5)[C@H](O)[C@]5(CC)CCCN6CC[C@]43[C@@H]65)C2)C1. The molecule has 0 radical (unpaired) electrons. The molecule has 6 aliphatic rings. The third-order valence-electron chi connectivity index (χ3n) is 25.5. The highest BCUT2D eigenvalue weighted by molar-refractivity contribution is 8.76. The molecule has 1 spiro atoms. The van der Waals surface area contributed by atoms with E-state index in [9.17, 15) is 58.5 Å². The molecular formula is C84H114N18O16S2. The number of para-hydroxylation sites is 1. The van der Waals surface area contributed by atoms with E-state index in [0.29, 0.717) is 143 Å². The van der Waals surface area contributed by atoms with Crippen molar-refractivity contribution in [2.75, 3.05) is 101 Å². The second-order valence-corrected chi connectivity index (χ2v) is 35.9. The average Bonchev–Trinajstić information content (AvgIpc) is 1.47. The number of H-pyrrole nitrogens is 2. The lowest BCUT2D eigenvalue weighted by Crippen LogP contribution is -2.82. The summed E-state index contributed by atoms with van der Waals surface area (Å²) in [6, 6.07) is 15.6. The molecular weight excluding hydrogens is 1580 g/mol. The number of aliphatic hydroxyl groups is 3. The lowest BCUT2D eigenvalue weighted by Gasteiger charge is -2.64. The first-order valence-corrected chi connectivity index (χ1v) is 44.0. The average molecular weight is 1700 g/mol. The van der Waals surface area contributed by atoms with Crippen molar-refractivity contribution < 1.29 is 72.7 Å². The Bertz CT molecular complexity index is 4880. The zero-order chi connectivity index (χ0) is 86.0. The number of hydrogen-bond acceptors (Lipinski definition) is 27. The van der Waals surface area contributed by atoms with Crippen LogP contribution in [0, 0.1) is 23.2 Å². The second kappa shape index (κ2) is 38.4. The number of Topliss-reactive ketones (excluding diaryl/α,β-unsaturated/α-hetero) is 3. The maximum atomic E-state index is 15.3. The summed E-state index contributed by atoms with van der Waals surface area (Å²) in [5.41, 5.74) is 21.3. The largest absolute Gasteiger partial charge is 0.496 e. The van der Waals surface area contributed by atoms with Gasteiger partial charge < -0.3 is 77.9 Å². The lowest BCUT2D eigenvalue weighted by molar-refractivity contribution is -0.222. The van der Waals surface area contributed by atoms with Gasteiger partial charge in [-0.05, 0) is 151 Å². The minimum atomic E-state index is -2.53. The Morgan fingerprint density at radius 2 is 1.60 bits per heavy atom. The predicted octanol–water partition coefficient (Wildman–Crippen LogP) is 4.62. The Kier molecular flexibility index (Phi) is 28.6. The van der Waals surface area contributed by atoms with Crippen molar-refractivity contribution in [2.24, 2.45) is 39.6 Å². The number of aliphatic imine (C=N–C) groups is 1. The standard InChI is InChI=1S/C84H114N18O16S2/c1-8-80(114)40-51-41-82(46-117-47-103,67-57(25-31-101(44-51)45-80)56-17-10-11-18-60(56)94-67)59-38-58-62(39-65(59)116-7)100(6)74-83(58)27-32-102-30-15-26-81(9-2,73(83)102)75(111)84(74,115)76(112)98-99-79(113)118-33-35-120-119-34-14-20-63(105)50(5)92-69(107)49(4)37-64(106)61(19-13-29-89-77(85)86)95-70(108)48(3)36-55(104)16-12-28-88-71(109)52-21-23-53(24-22-52)90-42-54-43-91-68-66(93-54)72(110)97-78(87)96-68/h10-11,17-18,21-24,38-39,43,47-51,61,73-75,90,94,111,114-115H,8-9,12-16,19-20,25-37,40-42,44-46H2,1-7H3,(H,88,109)(H,92,107)(H,95,108)(H,98,112)(H,99,113)(H4,85,86,89)(H3,87,91,96,97,110)/t48-,49-,50+,51-,61-,73+,74-,75-,80+,81-,82+,83-,84+/m1/s1. The van der Waals surface area contributed by atoms with Gasteiger partial charge in [-0.1, -0.05) is 67.5 Å². The van der Waals surface area contributed by atoms with Gasteiger partial charge in [0, 0.05) is 151 Å². The second-order valence-electron chi connectivity index (χ2n) is 33.2. The van der Waals surface area contributed by atoms with Gasteiger partial charge in [-0.25, -0.2) is 20.2 Å². The number of nitrogens with one attached hydrogen (secondary N) is 8. The van der Waals surface area contributed by atoms with Crippen LogP contribution in [0.2, 0.25) is 0 Å². The summed E-state index contributed by atoms with van der Waals surface area (Å²) >= 11 is 0. The number of ketones is 3. The molecule has 1 saturated carbocycles. The number of aromatic nitrogens is 5. The molecule has 12 rings (SSSR count). The first-order chi connectivity index (χ1) is 57.5. The lowest BCUT2D eigenvalue weighted by atomic mass is 9.46. The number of likely N-dealkylation sites (N-methyl/N-ethyl adjacent to an activating group) is 1. The van der Waals surface area contributed by atoms with E-state index in [1.54, 1.807) is 52.1 Å². The van der Waals surface area contributed by atoms with Crippen molar-refractivity contribution >= 4 is 120 Å². The molecule has 1 unspecified atom stereocenters. The van der Waals surface area contributed by atoms with Crippen LogP contribution in [-0.4, -0.2) is 236 Å². The Balaban J connectivity index is 0.591. The molecule has 5 amide bonds. The number of rotatable bonds is 38. The fourth-order valence-corrected chi connectivity index (χ4v) is 21.8. The summed E-state index contributed by atoms with van der Waals surface area (Å²) in [4.78, 5) is 163. The van der Waals surface area contributed by atoms with E-state index in [1.165, 1.54) is 27.8 Å². The van der Waals surface area contributed by atoms with Gasteiger partial charge in [0.05, 0.1) is 54.7 Å². The van der Waals surface area contributed by atoms with Gasteiger partial charge in [0.2, 0.25) is 17.8 Å². The number of amides is 5. The molecule has 3 aromatic heterocycles. The fraction of sp³-hybridized carbons (Fsp3) is 0.571. The Labute approximate surface area is 704 Å². The molecule has 3 aromatic carbocycles. The number of piperidine rings is 2. The molecule has 4 fully saturated rings. The molecule has 36 heteroatoms. The van der Waals surface area contributed by atoms with Gasteiger partial charge in [-0.15, -0.1) is 0 Å². The van der Waals surface area contributed by atoms with E-state index in [-0.39, 0.29) is 117 Å². The number of nitrogens with zero attached hydrogens (tertiary/aromatic N) is 7. The minimum absolute atomic E-state index is 0.0516. The number of anilines is 3. The molecule has 1 aliphatic carbocycles. The fourth-order valence-electron chi connectivity index (χ4n) is 19.8. The summed E-state index contributed by atoms with van der Waals surface area (Å²) in [5, 5.41) is 51.5. The van der Waals surface area contributed by atoms with Gasteiger partial charge >= 0.3 is 6.09 Å². The van der Waals surface area contributed by atoms with Crippen molar-refractivity contribution in [3.63, 3.8) is 0 Å². The van der Waals surface area contributed by atoms with Crippen molar-refractivity contribution in [2.45, 2.75) is 196 Å². The third-order valence-corrected chi connectivity index (χ3v) is 28.0. The van der Waals surface area contributed by atoms with Crippen molar-refractivity contribution in [1.82, 2.24) is 61.5 Å². The Hall–Kier alpha value is -9.98. The number of methoxy groups -OCH3 is 1. The molecule has 120 heavy (non-hydrogen) atoms. The Morgan fingerprint density at radius 3 is 2.35 bits per heavy atom. The van der Waals surface area contributed by atoms with Crippen LogP contribution in [-0.2, 0) is 66.8 Å². The molecule has 17 N–H and O–H groups in total. The summed E-state index contributed by atoms with van der Waals surface area (Å²) in [6.45, 7) is 12.9. The van der Waals surface area contributed by atoms with E-state index >= 15 is 4.79 Å². The highest BCUT2D eigenvalue weighted by Crippen LogP contribution is 2.68. The number of nitrogen functional groups attached to an aromatic ring is 1. The number of nitrogens with two attached hydrogens (primary N) is 3. The number of fused-ring (bicyclic) bond motifs is 7. The minimum Gasteiger partial charge on any atom is -0.496 e. The number of ether oxygens (including phenoxy) is 3. The number of aromatic amines is 2. The quantitative estimate of drug-likeness (QED) is 0.00627. The summed E-state index contributed by atoms with van der Waals surface area (Å²) in [5.74, 6) is -4.02. The highest BCUT2D eigenvalue weighted by Gasteiger charge is 2.79. The molecule has 5 aliphatic heterocycles. The monoisotopic (exact) mass is 1690 g/mol. The molecule has 34 nitrogen and oxygen atoms in total.